The molecule has 2 aromatic heterocycles. The lowest BCUT2D eigenvalue weighted by Gasteiger charge is -2.14. The second kappa shape index (κ2) is 8.52. The first-order chi connectivity index (χ1) is 14.4. The van der Waals surface area contributed by atoms with Gasteiger partial charge in [-0.15, -0.1) is 0 Å². The number of fused-ring (bicyclic) bond motifs is 3. The molecular formula is C23H23BrN4O2. The molecule has 1 aliphatic rings. The van der Waals surface area contributed by atoms with E-state index >= 15 is 0 Å². The number of ether oxygens (including phenoxy) is 1. The molecule has 1 atom stereocenters. The first kappa shape index (κ1) is 20.5. The molecule has 7 heteroatoms. The van der Waals surface area contributed by atoms with E-state index in [2.05, 4.69) is 42.6 Å². The van der Waals surface area contributed by atoms with Gasteiger partial charge in [0.25, 0.3) is 0 Å². The van der Waals surface area contributed by atoms with E-state index in [1.165, 1.54) is 0 Å². The number of hydrogen-bond donors (Lipinski definition) is 0. The highest BCUT2D eigenvalue weighted by Gasteiger charge is 2.28. The number of halogens is 1. The number of nitrogens with zero attached hydrogens (tertiary/aromatic N) is 4. The molecule has 3 aromatic rings. The molecule has 0 saturated heterocycles. The summed E-state index contributed by atoms with van der Waals surface area (Å²) >= 11 is 3.59. The Kier molecular flexibility index (Phi) is 5.81. The van der Waals surface area contributed by atoms with Crippen LogP contribution in [0.25, 0.3) is 5.69 Å². The van der Waals surface area contributed by atoms with E-state index in [1.54, 1.807) is 6.20 Å². The molecule has 0 fully saturated rings. The van der Waals surface area contributed by atoms with Gasteiger partial charge < -0.3 is 4.74 Å². The molecule has 0 saturated carbocycles. The van der Waals surface area contributed by atoms with Crippen molar-refractivity contribution >= 4 is 27.6 Å². The van der Waals surface area contributed by atoms with Crippen molar-refractivity contribution < 1.29 is 9.53 Å². The minimum Gasteiger partial charge on any atom is -0.463 e. The Balaban J connectivity index is 1.84. The third-order valence-corrected chi connectivity index (χ3v) is 5.39. The van der Waals surface area contributed by atoms with Gasteiger partial charge in [0.15, 0.2) is 0 Å². The van der Waals surface area contributed by atoms with Crippen molar-refractivity contribution in [3.8, 4) is 5.69 Å². The fourth-order valence-corrected chi connectivity index (χ4v) is 4.02. The van der Waals surface area contributed by atoms with Gasteiger partial charge in [-0.25, -0.2) is 4.98 Å². The molecular weight excluding hydrogens is 444 g/mol. The normalized spacial score (nSPS) is 15.2. The van der Waals surface area contributed by atoms with Crippen LogP contribution in [0.4, 0.5) is 0 Å². The lowest BCUT2D eigenvalue weighted by atomic mass is 10.0. The molecule has 0 radical (unpaired) electrons. The number of aryl methyl sites for hydroxylation is 1. The zero-order chi connectivity index (χ0) is 21.3. The number of carbonyl (C=O) groups is 1. The summed E-state index contributed by atoms with van der Waals surface area (Å²) in [5.74, 6) is 0.596. The van der Waals surface area contributed by atoms with E-state index in [-0.39, 0.29) is 24.5 Å². The van der Waals surface area contributed by atoms with E-state index in [0.29, 0.717) is 6.42 Å². The van der Waals surface area contributed by atoms with E-state index in [1.807, 2.05) is 51.2 Å². The molecule has 0 aliphatic carbocycles. The highest BCUT2D eigenvalue weighted by Crippen LogP contribution is 2.34. The highest BCUT2D eigenvalue weighted by atomic mass is 79.9. The Labute approximate surface area is 184 Å². The van der Waals surface area contributed by atoms with E-state index in [0.717, 1.165) is 38.6 Å². The van der Waals surface area contributed by atoms with Crippen LogP contribution in [0.5, 0.6) is 0 Å². The van der Waals surface area contributed by atoms with Crippen molar-refractivity contribution in [2.45, 2.75) is 45.8 Å². The number of rotatable bonds is 5. The molecule has 4 rings (SSSR count). The van der Waals surface area contributed by atoms with Gasteiger partial charge in [0.05, 0.1) is 23.2 Å². The largest absolute Gasteiger partial charge is 0.463 e. The summed E-state index contributed by atoms with van der Waals surface area (Å²) in [5.41, 5.74) is 4.56. The fraction of sp³-hybridized carbons (Fsp3) is 0.304. The molecule has 6 nitrogen and oxygen atoms in total. The van der Waals surface area contributed by atoms with Crippen molar-refractivity contribution in [3.63, 3.8) is 0 Å². The van der Waals surface area contributed by atoms with Crippen LogP contribution in [0.1, 0.15) is 55.5 Å². The molecule has 0 bridgehead atoms. The van der Waals surface area contributed by atoms with Crippen LogP contribution < -0.4 is 0 Å². The second-order valence-electron chi connectivity index (χ2n) is 7.54. The summed E-state index contributed by atoms with van der Waals surface area (Å²) in [6.45, 7) is 5.73. The van der Waals surface area contributed by atoms with Gasteiger partial charge >= 0.3 is 5.97 Å². The first-order valence-corrected chi connectivity index (χ1v) is 10.8. The first-order valence-electron chi connectivity index (χ1n) is 9.97. The maximum Gasteiger partial charge on any atom is 0.306 e. The van der Waals surface area contributed by atoms with Gasteiger partial charge in [-0.05, 0) is 57.5 Å². The summed E-state index contributed by atoms with van der Waals surface area (Å²) in [6, 6.07) is 11.6. The lowest BCUT2D eigenvalue weighted by Crippen LogP contribution is -2.13. The quantitative estimate of drug-likeness (QED) is 0.498. The Morgan fingerprint density at radius 3 is 2.80 bits per heavy atom. The molecule has 154 valence electrons. The molecule has 0 spiro atoms. The molecule has 1 aliphatic heterocycles. The minimum absolute atomic E-state index is 0.134. The van der Waals surface area contributed by atoms with Crippen molar-refractivity contribution in [1.82, 2.24) is 14.5 Å². The SMILES string of the molecule is Cc1cnc2n1-c1ccc(Br)cc1C(c1ccccn1)=NC2CCC(=O)OC(C)C. The molecule has 3 heterocycles. The Morgan fingerprint density at radius 1 is 1.23 bits per heavy atom. The average Bonchev–Trinajstić information content (AvgIpc) is 3.03. The fourth-order valence-electron chi connectivity index (χ4n) is 3.66. The standard InChI is InChI=1S/C23H23BrN4O2/c1-14(2)30-21(29)10-8-19-23-26-13-15(3)28(23)20-9-7-16(24)12-17(20)22(27-19)18-6-4-5-11-25-18/h4-7,9,11-14,19H,8,10H2,1-3H3. The van der Waals surface area contributed by atoms with Crippen molar-refractivity contribution in [2.75, 3.05) is 0 Å². The van der Waals surface area contributed by atoms with E-state index < -0.39 is 0 Å². The average molecular weight is 467 g/mol. The van der Waals surface area contributed by atoms with Crippen LogP contribution in [0.3, 0.4) is 0 Å². The van der Waals surface area contributed by atoms with Crippen LogP contribution in [0, 0.1) is 6.92 Å². The molecule has 1 unspecified atom stereocenters. The summed E-state index contributed by atoms with van der Waals surface area (Å²) in [5, 5.41) is 0. The summed E-state index contributed by atoms with van der Waals surface area (Å²) in [7, 11) is 0. The number of esters is 1. The van der Waals surface area contributed by atoms with Crippen LogP contribution in [-0.4, -0.2) is 32.3 Å². The number of carbonyl (C=O) groups excluding carboxylic acids is 1. The Bertz CT molecular complexity index is 1110. The highest BCUT2D eigenvalue weighted by molar-refractivity contribution is 9.10. The maximum absolute atomic E-state index is 12.2. The number of aromatic nitrogens is 3. The molecule has 0 amide bonds. The Morgan fingerprint density at radius 2 is 2.07 bits per heavy atom. The van der Waals surface area contributed by atoms with Gasteiger partial charge in [-0.1, -0.05) is 22.0 Å². The van der Waals surface area contributed by atoms with Crippen LogP contribution >= 0.6 is 15.9 Å². The van der Waals surface area contributed by atoms with Crippen LogP contribution in [0.2, 0.25) is 0 Å². The zero-order valence-corrected chi connectivity index (χ0v) is 18.8. The van der Waals surface area contributed by atoms with Crippen molar-refractivity contribution in [1.29, 1.82) is 0 Å². The number of pyridine rings is 1. The van der Waals surface area contributed by atoms with Crippen LogP contribution in [-0.2, 0) is 9.53 Å². The number of imidazole rings is 1. The molecule has 1 aromatic carbocycles. The topological polar surface area (TPSA) is 69.4 Å². The van der Waals surface area contributed by atoms with E-state index in [4.69, 9.17) is 9.73 Å². The Hall–Kier alpha value is -2.80. The third-order valence-electron chi connectivity index (χ3n) is 4.90. The third kappa shape index (κ3) is 4.07. The van der Waals surface area contributed by atoms with Crippen LogP contribution in [0.15, 0.2) is 58.3 Å². The monoisotopic (exact) mass is 466 g/mol. The maximum atomic E-state index is 12.2. The van der Waals surface area contributed by atoms with Gasteiger partial charge in [0, 0.05) is 34.5 Å². The van der Waals surface area contributed by atoms with Gasteiger partial charge in [-0.3, -0.25) is 19.3 Å². The summed E-state index contributed by atoms with van der Waals surface area (Å²) < 4.78 is 8.41. The zero-order valence-electron chi connectivity index (χ0n) is 17.2. The second-order valence-corrected chi connectivity index (χ2v) is 8.46. The smallest absolute Gasteiger partial charge is 0.306 e. The number of aliphatic imine (C=N–C) groups is 1. The van der Waals surface area contributed by atoms with Gasteiger partial charge in [0.1, 0.15) is 11.9 Å². The van der Waals surface area contributed by atoms with E-state index in [9.17, 15) is 4.79 Å². The van der Waals surface area contributed by atoms with Crippen molar-refractivity contribution in [2.24, 2.45) is 4.99 Å². The molecule has 0 N–H and O–H groups in total. The number of benzene rings is 1. The predicted octanol–water partition coefficient (Wildman–Crippen LogP) is 4.96. The summed E-state index contributed by atoms with van der Waals surface area (Å²) in [4.78, 5) is 26.5. The predicted molar refractivity (Wildman–Crippen MR) is 119 cm³/mol. The number of hydrogen-bond acceptors (Lipinski definition) is 5. The lowest BCUT2D eigenvalue weighted by molar-refractivity contribution is -0.147. The van der Waals surface area contributed by atoms with Crippen molar-refractivity contribution in [3.05, 3.63) is 76.0 Å². The van der Waals surface area contributed by atoms with Gasteiger partial charge in [0.2, 0.25) is 0 Å². The molecule has 30 heavy (non-hydrogen) atoms. The van der Waals surface area contributed by atoms with Gasteiger partial charge in [-0.2, -0.15) is 0 Å². The minimum atomic E-state index is -0.290. The summed E-state index contributed by atoms with van der Waals surface area (Å²) in [6.07, 6.45) is 4.26.